The first-order valence-corrected chi connectivity index (χ1v) is 7.29. The van der Waals surface area contributed by atoms with Crippen LogP contribution in [0.4, 0.5) is 0 Å². The molecule has 2 N–H and O–H groups in total. The van der Waals surface area contributed by atoms with Gasteiger partial charge in [-0.1, -0.05) is 12.5 Å². The summed E-state index contributed by atoms with van der Waals surface area (Å²) in [6.45, 7) is 2.96. The molecule has 2 rings (SSSR count). The average Bonchev–Trinajstić information content (AvgIpc) is 2.89. The Balaban J connectivity index is 1.99. The van der Waals surface area contributed by atoms with Crippen LogP contribution in [0, 0.1) is 5.92 Å². The molecule has 4 nitrogen and oxygen atoms in total. The molecule has 0 aromatic heterocycles. The molecule has 0 heterocycles. The standard InChI is InChI=1S/C16H25NO3/c1-11(17-10-12-5-4-6-15(12)18)14-8-7-13(19-2)9-16(14)20-3/h7-9,11-12,15,17-18H,4-6,10H2,1-3H3. The van der Waals surface area contributed by atoms with Crippen LogP contribution in [0.1, 0.15) is 37.8 Å². The van der Waals surface area contributed by atoms with Crippen LogP contribution < -0.4 is 14.8 Å². The number of hydrogen-bond acceptors (Lipinski definition) is 4. The van der Waals surface area contributed by atoms with Crippen LogP contribution in [0.3, 0.4) is 0 Å². The van der Waals surface area contributed by atoms with Crippen molar-refractivity contribution in [3.63, 3.8) is 0 Å². The van der Waals surface area contributed by atoms with E-state index in [0.717, 1.165) is 42.9 Å². The summed E-state index contributed by atoms with van der Waals surface area (Å²) >= 11 is 0. The molecule has 4 heteroatoms. The van der Waals surface area contributed by atoms with Crippen LogP contribution in [0.2, 0.25) is 0 Å². The molecular weight excluding hydrogens is 254 g/mol. The fourth-order valence-corrected chi connectivity index (χ4v) is 2.87. The maximum absolute atomic E-state index is 9.86. The van der Waals surface area contributed by atoms with E-state index in [2.05, 4.69) is 12.2 Å². The third-order valence-corrected chi connectivity index (χ3v) is 4.21. The highest BCUT2D eigenvalue weighted by Crippen LogP contribution is 2.30. The highest BCUT2D eigenvalue weighted by molar-refractivity contribution is 5.42. The van der Waals surface area contributed by atoms with Crippen LogP contribution in [0.15, 0.2) is 18.2 Å². The summed E-state index contributed by atoms with van der Waals surface area (Å²) in [6, 6.07) is 6.06. The van der Waals surface area contributed by atoms with Gasteiger partial charge in [-0.3, -0.25) is 0 Å². The van der Waals surface area contributed by atoms with Gasteiger partial charge < -0.3 is 19.9 Å². The van der Waals surface area contributed by atoms with Gasteiger partial charge in [0.05, 0.1) is 20.3 Å². The first kappa shape index (κ1) is 15.1. The quantitative estimate of drug-likeness (QED) is 0.840. The molecule has 1 aromatic carbocycles. The van der Waals surface area contributed by atoms with Crippen molar-refractivity contribution in [2.45, 2.75) is 38.3 Å². The van der Waals surface area contributed by atoms with Gasteiger partial charge in [-0.05, 0) is 31.7 Å². The largest absolute Gasteiger partial charge is 0.497 e. The third-order valence-electron chi connectivity index (χ3n) is 4.21. The molecule has 20 heavy (non-hydrogen) atoms. The number of aliphatic hydroxyl groups is 1. The summed E-state index contributed by atoms with van der Waals surface area (Å²) < 4.78 is 10.6. The first-order chi connectivity index (χ1) is 9.65. The number of aliphatic hydroxyl groups excluding tert-OH is 1. The summed E-state index contributed by atoms with van der Waals surface area (Å²) in [5, 5.41) is 13.4. The highest BCUT2D eigenvalue weighted by atomic mass is 16.5. The van der Waals surface area contributed by atoms with Gasteiger partial charge >= 0.3 is 0 Å². The predicted molar refractivity (Wildman–Crippen MR) is 79.3 cm³/mol. The smallest absolute Gasteiger partial charge is 0.127 e. The zero-order valence-corrected chi connectivity index (χ0v) is 12.6. The minimum atomic E-state index is -0.146. The lowest BCUT2D eigenvalue weighted by Crippen LogP contribution is -2.29. The SMILES string of the molecule is COc1ccc(C(C)NCC2CCCC2O)c(OC)c1. The van der Waals surface area contributed by atoms with E-state index in [1.807, 2.05) is 18.2 Å². The van der Waals surface area contributed by atoms with E-state index in [-0.39, 0.29) is 12.1 Å². The van der Waals surface area contributed by atoms with Crippen molar-refractivity contribution in [1.29, 1.82) is 0 Å². The number of nitrogens with one attached hydrogen (secondary N) is 1. The molecule has 1 aromatic rings. The van der Waals surface area contributed by atoms with Crippen LogP contribution >= 0.6 is 0 Å². The number of benzene rings is 1. The number of ether oxygens (including phenoxy) is 2. The first-order valence-electron chi connectivity index (χ1n) is 7.29. The summed E-state index contributed by atoms with van der Waals surface area (Å²) in [7, 11) is 3.32. The van der Waals surface area contributed by atoms with Gasteiger partial charge in [0.1, 0.15) is 11.5 Å². The average molecular weight is 279 g/mol. The molecule has 1 aliphatic rings. The summed E-state index contributed by atoms with van der Waals surface area (Å²) in [5.41, 5.74) is 1.11. The lowest BCUT2D eigenvalue weighted by atomic mass is 10.0. The van der Waals surface area contributed by atoms with E-state index in [9.17, 15) is 5.11 Å². The van der Waals surface area contributed by atoms with E-state index in [4.69, 9.17) is 9.47 Å². The van der Waals surface area contributed by atoms with E-state index >= 15 is 0 Å². The Morgan fingerprint density at radius 2 is 2.10 bits per heavy atom. The lowest BCUT2D eigenvalue weighted by Gasteiger charge is -2.21. The molecule has 0 saturated heterocycles. The highest BCUT2D eigenvalue weighted by Gasteiger charge is 2.25. The van der Waals surface area contributed by atoms with Gasteiger partial charge in [0.15, 0.2) is 0 Å². The normalized spacial score (nSPS) is 23.6. The molecule has 0 aliphatic heterocycles. The van der Waals surface area contributed by atoms with E-state index < -0.39 is 0 Å². The molecule has 0 radical (unpaired) electrons. The Kier molecular flexibility index (Phi) is 5.26. The molecule has 3 atom stereocenters. The van der Waals surface area contributed by atoms with Crippen molar-refractivity contribution in [2.24, 2.45) is 5.92 Å². The van der Waals surface area contributed by atoms with Crippen molar-refractivity contribution in [1.82, 2.24) is 5.32 Å². The second-order valence-electron chi connectivity index (χ2n) is 5.50. The zero-order valence-electron chi connectivity index (χ0n) is 12.6. The van der Waals surface area contributed by atoms with Crippen LogP contribution in [-0.4, -0.2) is 32.0 Å². The van der Waals surface area contributed by atoms with Crippen LogP contribution in [0.25, 0.3) is 0 Å². The Labute approximate surface area is 121 Å². The summed E-state index contributed by atoms with van der Waals surface area (Å²) in [5.74, 6) is 2.00. The Bertz CT molecular complexity index is 436. The fraction of sp³-hybridized carbons (Fsp3) is 0.625. The number of hydrogen-bond donors (Lipinski definition) is 2. The zero-order chi connectivity index (χ0) is 14.5. The molecule has 1 aliphatic carbocycles. The summed E-state index contributed by atoms with van der Waals surface area (Å²) in [6.07, 6.45) is 3.04. The van der Waals surface area contributed by atoms with Crippen molar-refractivity contribution >= 4 is 0 Å². The molecule has 1 saturated carbocycles. The second kappa shape index (κ2) is 6.95. The molecule has 1 fully saturated rings. The third kappa shape index (κ3) is 3.44. The van der Waals surface area contributed by atoms with E-state index in [1.54, 1.807) is 14.2 Å². The molecule has 3 unspecified atom stereocenters. The maximum Gasteiger partial charge on any atom is 0.127 e. The van der Waals surface area contributed by atoms with Crippen molar-refractivity contribution in [2.75, 3.05) is 20.8 Å². The molecule has 0 bridgehead atoms. The molecule has 0 amide bonds. The molecular formula is C16H25NO3. The minimum absolute atomic E-state index is 0.146. The van der Waals surface area contributed by atoms with Gasteiger partial charge in [-0.2, -0.15) is 0 Å². The lowest BCUT2D eigenvalue weighted by molar-refractivity contribution is 0.130. The van der Waals surface area contributed by atoms with Gasteiger partial charge in [0, 0.05) is 24.2 Å². The number of rotatable bonds is 6. The Hall–Kier alpha value is -1.26. The van der Waals surface area contributed by atoms with Crippen molar-refractivity contribution in [3.8, 4) is 11.5 Å². The molecule has 112 valence electrons. The fourth-order valence-electron chi connectivity index (χ4n) is 2.87. The van der Waals surface area contributed by atoms with Gasteiger partial charge in [-0.15, -0.1) is 0 Å². The Morgan fingerprint density at radius 3 is 2.70 bits per heavy atom. The van der Waals surface area contributed by atoms with Gasteiger partial charge in [0.25, 0.3) is 0 Å². The maximum atomic E-state index is 9.86. The van der Waals surface area contributed by atoms with Crippen molar-refractivity contribution in [3.05, 3.63) is 23.8 Å². The van der Waals surface area contributed by atoms with Gasteiger partial charge in [-0.25, -0.2) is 0 Å². The number of methoxy groups -OCH3 is 2. The Morgan fingerprint density at radius 1 is 1.30 bits per heavy atom. The summed E-state index contributed by atoms with van der Waals surface area (Å²) in [4.78, 5) is 0. The van der Waals surface area contributed by atoms with E-state index in [0.29, 0.717) is 5.92 Å². The molecule has 0 spiro atoms. The topological polar surface area (TPSA) is 50.7 Å². The monoisotopic (exact) mass is 279 g/mol. The predicted octanol–water partition coefficient (Wildman–Crippen LogP) is 2.52. The van der Waals surface area contributed by atoms with Crippen LogP contribution in [0.5, 0.6) is 11.5 Å². The van der Waals surface area contributed by atoms with Gasteiger partial charge in [0.2, 0.25) is 0 Å². The van der Waals surface area contributed by atoms with Crippen LogP contribution in [-0.2, 0) is 0 Å². The van der Waals surface area contributed by atoms with Crippen molar-refractivity contribution < 1.29 is 14.6 Å². The van der Waals surface area contributed by atoms with E-state index in [1.165, 1.54) is 0 Å². The minimum Gasteiger partial charge on any atom is -0.497 e. The second-order valence-corrected chi connectivity index (χ2v) is 5.50.